The molecule has 1 atom stereocenters. The molecule has 3 aromatic rings. The molecule has 1 aromatic carbocycles. The van der Waals surface area contributed by atoms with Gasteiger partial charge in [0.05, 0.1) is 23.6 Å². The molecule has 0 saturated carbocycles. The number of nitrogens with one attached hydrogen (secondary N) is 1. The van der Waals surface area contributed by atoms with E-state index in [1.807, 2.05) is 6.92 Å². The third-order valence-electron chi connectivity index (χ3n) is 4.30. The van der Waals surface area contributed by atoms with Gasteiger partial charge in [-0.1, -0.05) is 6.42 Å². The number of fused-ring (bicyclic) bond motifs is 1. The number of rotatable bonds is 3. The van der Waals surface area contributed by atoms with E-state index in [0.29, 0.717) is 0 Å². The van der Waals surface area contributed by atoms with Crippen LogP contribution in [0.3, 0.4) is 0 Å². The van der Waals surface area contributed by atoms with Crippen molar-refractivity contribution in [2.75, 3.05) is 6.54 Å². The second-order valence-electron chi connectivity index (χ2n) is 5.98. The van der Waals surface area contributed by atoms with Crippen LogP contribution >= 0.6 is 11.3 Å². The summed E-state index contributed by atoms with van der Waals surface area (Å²) in [6.45, 7) is 3.79. The minimum absolute atomic E-state index is 0.225. The van der Waals surface area contributed by atoms with Gasteiger partial charge in [-0.3, -0.25) is 4.90 Å². The molecule has 23 heavy (non-hydrogen) atoms. The summed E-state index contributed by atoms with van der Waals surface area (Å²) in [5.74, 6) is 0.684. The predicted octanol–water partition coefficient (Wildman–Crippen LogP) is 3.59. The standard InChI is InChI=1S/C16H18FN5S/c1-10-20-21-15(23-10)9-22-7-3-2-4-14(22)16-18-12-6-5-11(17)8-13(12)19-16/h5-6,8,14H,2-4,7,9H2,1H3,(H,18,19)/t14-/m1/s1. The summed E-state index contributed by atoms with van der Waals surface area (Å²) >= 11 is 1.64. The Labute approximate surface area is 137 Å². The minimum Gasteiger partial charge on any atom is -0.341 e. The van der Waals surface area contributed by atoms with Gasteiger partial charge in [-0.25, -0.2) is 9.37 Å². The smallest absolute Gasteiger partial charge is 0.131 e. The molecule has 1 saturated heterocycles. The van der Waals surface area contributed by atoms with Crippen LogP contribution in [0.2, 0.25) is 0 Å². The first-order chi connectivity index (χ1) is 11.2. The lowest BCUT2D eigenvalue weighted by Gasteiger charge is -2.33. The highest BCUT2D eigenvalue weighted by Crippen LogP contribution is 2.32. The van der Waals surface area contributed by atoms with Gasteiger partial charge in [0.25, 0.3) is 0 Å². The van der Waals surface area contributed by atoms with Gasteiger partial charge in [0.1, 0.15) is 21.7 Å². The van der Waals surface area contributed by atoms with E-state index in [4.69, 9.17) is 0 Å². The molecular formula is C16H18FN5S. The van der Waals surface area contributed by atoms with E-state index >= 15 is 0 Å². The Morgan fingerprint density at radius 1 is 1.35 bits per heavy atom. The van der Waals surface area contributed by atoms with Crippen LogP contribution in [-0.2, 0) is 6.54 Å². The maximum absolute atomic E-state index is 13.4. The van der Waals surface area contributed by atoms with Crippen molar-refractivity contribution in [3.8, 4) is 0 Å². The van der Waals surface area contributed by atoms with Crippen LogP contribution < -0.4 is 0 Å². The van der Waals surface area contributed by atoms with Crippen molar-refractivity contribution < 1.29 is 4.39 Å². The Morgan fingerprint density at radius 2 is 2.26 bits per heavy atom. The lowest BCUT2D eigenvalue weighted by atomic mass is 10.0. The van der Waals surface area contributed by atoms with Gasteiger partial charge in [0.15, 0.2) is 0 Å². The van der Waals surface area contributed by atoms with E-state index < -0.39 is 0 Å². The molecule has 1 aliphatic rings. The van der Waals surface area contributed by atoms with Crippen molar-refractivity contribution in [3.63, 3.8) is 0 Å². The molecule has 1 aliphatic heterocycles. The van der Waals surface area contributed by atoms with Gasteiger partial charge in [-0.05, 0) is 44.5 Å². The van der Waals surface area contributed by atoms with E-state index in [1.54, 1.807) is 17.4 Å². The molecule has 0 bridgehead atoms. The lowest BCUT2D eigenvalue weighted by molar-refractivity contribution is 0.134. The molecule has 0 radical (unpaired) electrons. The molecular weight excluding hydrogens is 313 g/mol. The number of aryl methyl sites for hydroxylation is 1. The topological polar surface area (TPSA) is 57.7 Å². The van der Waals surface area contributed by atoms with Crippen LogP contribution in [0, 0.1) is 12.7 Å². The fraction of sp³-hybridized carbons (Fsp3) is 0.438. The number of piperidine rings is 1. The van der Waals surface area contributed by atoms with Gasteiger partial charge < -0.3 is 4.98 Å². The lowest BCUT2D eigenvalue weighted by Crippen LogP contribution is -2.33. The molecule has 1 fully saturated rings. The average molecular weight is 331 g/mol. The third kappa shape index (κ3) is 2.98. The number of aromatic nitrogens is 4. The molecule has 4 rings (SSSR count). The van der Waals surface area contributed by atoms with Crippen LogP contribution in [0.4, 0.5) is 4.39 Å². The largest absolute Gasteiger partial charge is 0.341 e. The Bertz CT molecular complexity index is 827. The molecule has 5 nitrogen and oxygen atoms in total. The normalized spacial score (nSPS) is 19.5. The van der Waals surface area contributed by atoms with Crippen LogP contribution in [0.25, 0.3) is 11.0 Å². The molecule has 7 heteroatoms. The second kappa shape index (κ2) is 5.98. The molecule has 2 aromatic heterocycles. The highest BCUT2D eigenvalue weighted by molar-refractivity contribution is 7.11. The van der Waals surface area contributed by atoms with Crippen LogP contribution in [0.5, 0.6) is 0 Å². The van der Waals surface area contributed by atoms with Crippen molar-refractivity contribution in [2.24, 2.45) is 0 Å². The van der Waals surface area contributed by atoms with Gasteiger partial charge in [0.2, 0.25) is 0 Å². The Morgan fingerprint density at radius 3 is 3.09 bits per heavy atom. The zero-order valence-electron chi connectivity index (χ0n) is 12.9. The van der Waals surface area contributed by atoms with Crippen LogP contribution in [0.15, 0.2) is 18.2 Å². The number of imidazole rings is 1. The van der Waals surface area contributed by atoms with Crippen molar-refractivity contribution in [3.05, 3.63) is 39.9 Å². The van der Waals surface area contributed by atoms with Gasteiger partial charge in [-0.2, -0.15) is 0 Å². The zero-order chi connectivity index (χ0) is 15.8. The minimum atomic E-state index is -0.238. The highest BCUT2D eigenvalue weighted by atomic mass is 32.1. The number of hydrogen-bond donors (Lipinski definition) is 1. The molecule has 0 spiro atoms. The van der Waals surface area contributed by atoms with Gasteiger partial charge >= 0.3 is 0 Å². The molecule has 0 aliphatic carbocycles. The van der Waals surface area contributed by atoms with E-state index in [9.17, 15) is 4.39 Å². The summed E-state index contributed by atoms with van der Waals surface area (Å²) in [5.41, 5.74) is 1.58. The fourth-order valence-corrected chi connectivity index (χ4v) is 3.96. The van der Waals surface area contributed by atoms with Crippen LogP contribution in [0.1, 0.15) is 41.1 Å². The Balaban J connectivity index is 1.63. The number of likely N-dealkylation sites (tertiary alicyclic amines) is 1. The van der Waals surface area contributed by atoms with Gasteiger partial charge in [0, 0.05) is 0 Å². The Kier molecular flexibility index (Phi) is 3.82. The molecule has 0 amide bonds. The first-order valence-electron chi connectivity index (χ1n) is 7.87. The average Bonchev–Trinajstić information content (AvgIpc) is 3.13. The zero-order valence-corrected chi connectivity index (χ0v) is 13.7. The fourth-order valence-electron chi connectivity index (χ4n) is 3.22. The van der Waals surface area contributed by atoms with E-state index in [1.165, 1.54) is 25.0 Å². The van der Waals surface area contributed by atoms with E-state index in [0.717, 1.165) is 46.4 Å². The monoisotopic (exact) mass is 331 g/mol. The van der Waals surface area contributed by atoms with Crippen molar-refractivity contribution in [1.82, 2.24) is 25.1 Å². The first kappa shape index (κ1) is 14.7. The molecule has 1 N–H and O–H groups in total. The number of nitrogens with zero attached hydrogens (tertiary/aromatic N) is 4. The summed E-state index contributed by atoms with van der Waals surface area (Å²) in [6.07, 6.45) is 3.42. The van der Waals surface area contributed by atoms with Crippen molar-refractivity contribution >= 4 is 22.4 Å². The number of aromatic amines is 1. The maximum atomic E-state index is 13.4. The second-order valence-corrected chi connectivity index (χ2v) is 7.25. The van der Waals surface area contributed by atoms with Crippen LogP contribution in [-0.4, -0.2) is 31.6 Å². The number of benzene rings is 1. The van der Waals surface area contributed by atoms with E-state index in [2.05, 4.69) is 25.1 Å². The summed E-state index contributed by atoms with van der Waals surface area (Å²) in [7, 11) is 0. The molecule has 0 unspecified atom stereocenters. The van der Waals surface area contributed by atoms with Crippen molar-refractivity contribution in [1.29, 1.82) is 0 Å². The number of H-pyrrole nitrogens is 1. The molecule has 120 valence electrons. The van der Waals surface area contributed by atoms with Gasteiger partial charge in [-0.15, -0.1) is 21.5 Å². The SMILES string of the molecule is Cc1nnc(CN2CCCC[C@@H]2c2nc3ccc(F)cc3[nH]2)s1. The summed E-state index contributed by atoms with van der Waals surface area (Å²) in [5, 5.41) is 10.4. The summed E-state index contributed by atoms with van der Waals surface area (Å²) < 4.78 is 13.4. The quantitative estimate of drug-likeness (QED) is 0.797. The third-order valence-corrected chi connectivity index (χ3v) is 5.12. The highest BCUT2D eigenvalue weighted by Gasteiger charge is 2.27. The number of halogens is 1. The molecule has 3 heterocycles. The summed E-state index contributed by atoms with van der Waals surface area (Å²) in [4.78, 5) is 10.4. The van der Waals surface area contributed by atoms with E-state index in [-0.39, 0.29) is 11.9 Å². The first-order valence-corrected chi connectivity index (χ1v) is 8.69. The predicted molar refractivity (Wildman–Crippen MR) is 87.7 cm³/mol. The van der Waals surface area contributed by atoms with Crippen molar-refractivity contribution in [2.45, 2.75) is 38.8 Å². The summed E-state index contributed by atoms with van der Waals surface area (Å²) in [6, 6.07) is 4.91. The maximum Gasteiger partial charge on any atom is 0.131 e. The number of hydrogen-bond acceptors (Lipinski definition) is 5. The Hall–Kier alpha value is -1.86.